The molecule has 3 aromatic rings. The van der Waals surface area contributed by atoms with Crippen molar-refractivity contribution in [2.45, 2.75) is 30.8 Å². The molecule has 1 fully saturated rings. The number of nitrogens with zero attached hydrogens (tertiary/aromatic N) is 1. The summed E-state index contributed by atoms with van der Waals surface area (Å²) < 4.78 is 28.0. The first-order chi connectivity index (χ1) is 13.5. The smallest absolute Gasteiger partial charge is 0.207 e. The predicted octanol–water partition coefficient (Wildman–Crippen LogP) is 4.47. The highest BCUT2D eigenvalue weighted by Crippen LogP contribution is 2.47. The molecule has 1 aliphatic heterocycles. The van der Waals surface area contributed by atoms with Gasteiger partial charge >= 0.3 is 0 Å². The van der Waals surface area contributed by atoms with Crippen LogP contribution in [0, 0.1) is 25.7 Å². The molecule has 1 heterocycles. The summed E-state index contributed by atoms with van der Waals surface area (Å²) >= 11 is 0. The molecule has 28 heavy (non-hydrogen) atoms. The predicted molar refractivity (Wildman–Crippen MR) is 111 cm³/mol. The number of hydrogen-bond acceptors (Lipinski definition) is 2. The lowest BCUT2D eigenvalue weighted by Crippen LogP contribution is -2.14. The Morgan fingerprint density at radius 2 is 1.36 bits per heavy atom. The second-order valence-electron chi connectivity index (χ2n) is 7.08. The van der Waals surface area contributed by atoms with E-state index in [-0.39, 0.29) is 12.1 Å². The minimum absolute atomic E-state index is 0.261. The summed E-state index contributed by atoms with van der Waals surface area (Å²) in [5, 5.41) is 0. The summed E-state index contributed by atoms with van der Waals surface area (Å²) in [6.07, 6.45) is 0. The maximum atomic E-state index is 13.2. The molecule has 0 N–H and O–H groups in total. The quantitative estimate of drug-likeness (QED) is 0.491. The molecule has 0 spiro atoms. The minimum Gasteiger partial charge on any atom is -0.207 e. The van der Waals surface area contributed by atoms with Gasteiger partial charge in [-0.2, -0.15) is 4.31 Å². The fraction of sp³-hybridized carbons (Fsp3) is 0.167. The van der Waals surface area contributed by atoms with Crippen LogP contribution in [0.15, 0.2) is 83.8 Å². The van der Waals surface area contributed by atoms with Gasteiger partial charge in [0.15, 0.2) is 0 Å². The standard InChI is InChI=1S/C24H21NO2S/c1-18-8-13-21(14-9-18)24-23(17-12-20-6-4-3-5-7-20)25(24)28(26,27)22-15-10-19(2)11-16-22/h3-11,13-16,23-24H,1-2H3. The molecule has 140 valence electrons. The van der Waals surface area contributed by atoms with Crippen molar-refractivity contribution in [3.8, 4) is 11.8 Å². The van der Waals surface area contributed by atoms with Crippen LogP contribution in [0.25, 0.3) is 0 Å². The number of sulfonamides is 1. The largest absolute Gasteiger partial charge is 0.244 e. The molecule has 4 rings (SSSR count). The molecule has 0 bridgehead atoms. The maximum absolute atomic E-state index is 13.2. The van der Waals surface area contributed by atoms with E-state index in [1.165, 1.54) is 4.31 Å². The molecule has 4 heteroatoms. The minimum atomic E-state index is -3.61. The summed E-state index contributed by atoms with van der Waals surface area (Å²) in [4.78, 5) is 0.305. The first-order valence-electron chi connectivity index (χ1n) is 9.20. The van der Waals surface area contributed by atoms with Crippen LogP contribution in [0.1, 0.15) is 28.3 Å². The van der Waals surface area contributed by atoms with Crippen molar-refractivity contribution in [1.82, 2.24) is 4.31 Å². The van der Waals surface area contributed by atoms with Gasteiger partial charge in [-0.1, -0.05) is 77.6 Å². The van der Waals surface area contributed by atoms with Gasteiger partial charge in [0, 0.05) is 5.56 Å². The summed E-state index contributed by atoms with van der Waals surface area (Å²) in [6.45, 7) is 3.96. The van der Waals surface area contributed by atoms with Gasteiger partial charge in [0.05, 0.1) is 10.9 Å². The Hall–Kier alpha value is -2.87. The fourth-order valence-electron chi connectivity index (χ4n) is 3.26. The van der Waals surface area contributed by atoms with E-state index in [1.807, 2.05) is 80.6 Å². The number of rotatable bonds is 3. The van der Waals surface area contributed by atoms with Crippen LogP contribution >= 0.6 is 0 Å². The van der Waals surface area contributed by atoms with Crippen LogP contribution < -0.4 is 0 Å². The highest BCUT2D eigenvalue weighted by Gasteiger charge is 2.55. The van der Waals surface area contributed by atoms with E-state index in [0.29, 0.717) is 4.90 Å². The summed E-state index contributed by atoms with van der Waals surface area (Å²) in [5.74, 6) is 6.29. The summed E-state index contributed by atoms with van der Waals surface area (Å²) in [5.41, 5.74) is 4.02. The van der Waals surface area contributed by atoms with Crippen molar-refractivity contribution in [2.24, 2.45) is 0 Å². The second-order valence-corrected chi connectivity index (χ2v) is 8.93. The topological polar surface area (TPSA) is 37.1 Å². The third-order valence-electron chi connectivity index (χ3n) is 4.91. The van der Waals surface area contributed by atoms with Crippen molar-refractivity contribution in [1.29, 1.82) is 0 Å². The van der Waals surface area contributed by atoms with Gasteiger partial charge in [-0.15, -0.1) is 0 Å². The Morgan fingerprint density at radius 3 is 1.96 bits per heavy atom. The van der Waals surface area contributed by atoms with Gasteiger partial charge in [0.1, 0.15) is 6.04 Å². The van der Waals surface area contributed by atoms with Crippen molar-refractivity contribution in [2.75, 3.05) is 0 Å². The Labute approximate surface area is 166 Å². The Morgan fingerprint density at radius 1 is 0.786 bits per heavy atom. The first-order valence-corrected chi connectivity index (χ1v) is 10.6. The summed E-state index contributed by atoms with van der Waals surface area (Å²) in [6, 6.07) is 24.0. The highest BCUT2D eigenvalue weighted by atomic mass is 32.2. The van der Waals surface area contributed by atoms with Crippen molar-refractivity contribution >= 4 is 10.0 Å². The van der Waals surface area contributed by atoms with E-state index in [2.05, 4.69) is 11.8 Å². The second kappa shape index (κ2) is 7.27. The van der Waals surface area contributed by atoms with Crippen molar-refractivity contribution < 1.29 is 8.42 Å². The normalized spacial score (nSPS) is 20.9. The van der Waals surface area contributed by atoms with Gasteiger partial charge in [0.25, 0.3) is 0 Å². The van der Waals surface area contributed by atoms with Gasteiger partial charge in [-0.05, 0) is 43.7 Å². The molecule has 1 aliphatic rings. The molecule has 0 saturated carbocycles. The molecule has 0 radical (unpaired) electrons. The number of hydrogen-bond donors (Lipinski definition) is 0. The Kier molecular flexibility index (Phi) is 4.80. The zero-order valence-electron chi connectivity index (χ0n) is 15.8. The van der Waals surface area contributed by atoms with Crippen molar-refractivity contribution in [3.05, 3.63) is 101 Å². The third kappa shape index (κ3) is 3.60. The molecule has 0 aliphatic carbocycles. The number of benzene rings is 3. The number of aryl methyl sites for hydroxylation is 2. The highest BCUT2D eigenvalue weighted by molar-refractivity contribution is 7.89. The zero-order chi connectivity index (χ0) is 19.7. The lowest BCUT2D eigenvalue weighted by molar-refractivity contribution is 0.551. The lowest BCUT2D eigenvalue weighted by Gasteiger charge is -2.07. The van der Waals surface area contributed by atoms with Crippen molar-refractivity contribution in [3.63, 3.8) is 0 Å². The van der Waals surface area contributed by atoms with E-state index in [4.69, 9.17) is 0 Å². The summed E-state index contributed by atoms with van der Waals surface area (Å²) in [7, 11) is -3.61. The van der Waals surface area contributed by atoms with Gasteiger partial charge < -0.3 is 0 Å². The van der Waals surface area contributed by atoms with E-state index < -0.39 is 10.0 Å². The van der Waals surface area contributed by atoms with E-state index in [0.717, 1.165) is 22.3 Å². The first kappa shape index (κ1) is 18.5. The molecular formula is C24H21NO2S. The van der Waals surface area contributed by atoms with Crippen LogP contribution in [0.3, 0.4) is 0 Å². The molecular weight excluding hydrogens is 366 g/mol. The molecule has 3 unspecified atom stereocenters. The zero-order valence-corrected chi connectivity index (χ0v) is 16.6. The van der Waals surface area contributed by atoms with E-state index >= 15 is 0 Å². The SMILES string of the molecule is Cc1ccc(C2C(C#Cc3ccccc3)N2S(=O)(=O)c2ccc(C)cc2)cc1. The fourth-order valence-corrected chi connectivity index (χ4v) is 4.93. The Bertz CT molecular complexity index is 1140. The van der Waals surface area contributed by atoms with E-state index in [1.54, 1.807) is 12.1 Å². The monoisotopic (exact) mass is 387 g/mol. The molecule has 3 aromatic carbocycles. The van der Waals surface area contributed by atoms with Crippen LogP contribution in [0.2, 0.25) is 0 Å². The molecule has 3 atom stereocenters. The average molecular weight is 388 g/mol. The van der Waals surface area contributed by atoms with Gasteiger partial charge in [-0.3, -0.25) is 0 Å². The third-order valence-corrected chi connectivity index (χ3v) is 6.79. The molecule has 1 saturated heterocycles. The van der Waals surface area contributed by atoms with E-state index in [9.17, 15) is 8.42 Å². The lowest BCUT2D eigenvalue weighted by atomic mass is 10.1. The van der Waals surface area contributed by atoms with Gasteiger partial charge in [0.2, 0.25) is 10.0 Å². The average Bonchev–Trinajstić information content (AvgIpc) is 3.43. The Balaban J connectivity index is 1.71. The van der Waals surface area contributed by atoms with Crippen LogP contribution in [-0.4, -0.2) is 18.8 Å². The van der Waals surface area contributed by atoms with Crippen LogP contribution in [0.4, 0.5) is 0 Å². The van der Waals surface area contributed by atoms with Gasteiger partial charge in [-0.25, -0.2) is 8.42 Å². The van der Waals surface area contributed by atoms with Crippen LogP contribution in [0.5, 0.6) is 0 Å². The van der Waals surface area contributed by atoms with Crippen LogP contribution in [-0.2, 0) is 10.0 Å². The maximum Gasteiger partial charge on any atom is 0.244 e. The molecule has 0 amide bonds. The molecule has 0 aromatic heterocycles. The molecule has 3 nitrogen and oxygen atoms in total.